The Hall–Kier alpha value is -3.75. The van der Waals surface area contributed by atoms with E-state index in [-0.39, 0.29) is 9.90 Å². The fraction of sp³-hybridized carbons (Fsp3) is 0.429. The molecule has 1 N–H and O–H groups in total. The van der Waals surface area contributed by atoms with Gasteiger partial charge >= 0.3 is 6.01 Å². The van der Waals surface area contributed by atoms with Crippen molar-refractivity contribution in [3.8, 4) is 16.6 Å². The number of halogens is 2. The molecule has 4 aromatic heterocycles. The fourth-order valence-corrected chi connectivity index (χ4v) is 6.37. The maximum atomic E-state index is 13.4. The Balaban J connectivity index is 1.40. The van der Waals surface area contributed by atoms with Crippen LogP contribution in [0.3, 0.4) is 0 Å². The second kappa shape index (κ2) is 8.92. The Kier molecular flexibility index (Phi) is 5.77. The van der Waals surface area contributed by atoms with Gasteiger partial charge in [-0.1, -0.05) is 16.4 Å². The van der Waals surface area contributed by atoms with E-state index in [1.54, 1.807) is 11.4 Å². The third-order valence-electron chi connectivity index (χ3n) is 6.43. The molecule has 0 radical (unpaired) electrons. The number of fused-ring (bicyclic) bond motifs is 1. The van der Waals surface area contributed by atoms with Crippen molar-refractivity contribution in [2.75, 3.05) is 36.0 Å². The van der Waals surface area contributed by atoms with E-state index in [1.165, 1.54) is 18.3 Å². The van der Waals surface area contributed by atoms with Gasteiger partial charge < -0.3 is 14.2 Å². The highest BCUT2D eigenvalue weighted by Crippen LogP contribution is 2.38. The number of piperazine rings is 1. The van der Waals surface area contributed by atoms with Gasteiger partial charge in [0.25, 0.3) is 6.43 Å². The number of hydrogen-bond acceptors (Lipinski definition) is 12. The van der Waals surface area contributed by atoms with Crippen molar-refractivity contribution < 1.29 is 21.6 Å². The number of pyridine rings is 1. The number of sulfonamides is 1. The van der Waals surface area contributed by atoms with Crippen LogP contribution < -0.4 is 14.5 Å². The number of rotatable bonds is 7. The molecule has 2 aliphatic rings. The van der Waals surface area contributed by atoms with Crippen molar-refractivity contribution in [3.63, 3.8) is 0 Å². The van der Waals surface area contributed by atoms with Crippen molar-refractivity contribution in [1.82, 2.24) is 34.7 Å². The van der Waals surface area contributed by atoms with Crippen LogP contribution in [0.25, 0.3) is 16.1 Å². The maximum Gasteiger partial charge on any atom is 0.318 e. The zero-order valence-corrected chi connectivity index (χ0v) is 21.5. The van der Waals surface area contributed by atoms with Gasteiger partial charge in [-0.25, -0.2) is 21.7 Å². The van der Waals surface area contributed by atoms with Gasteiger partial charge in [0.1, 0.15) is 11.4 Å². The highest BCUT2D eigenvalue weighted by Gasteiger charge is 2.47. The largest absolute Gasteiger partial charge is 0.408 e. The number of aromatic nitrogens is 6. The van der Waals surface area contributed by atoms with E-state index in [0.29, 0.717) is 79.2 Å². The second-order valence-corrected chi connectivity index (χ2v) is 11.7. The number of nitrogens with one attached hydrogen (secondary N) is 1. The average Bonchev–Trinajstić information content (AvgIpc) is 3.27. The van der Waals surface area contributed by atoms with E-state index in [4.69, 9.17) is 4.42 Å². The smallest absolute Gasteiger partial charge is 0.318 e. The molecule has 198 valence electrons. The molecule has 13 nitrogen and oxygen atoms in total. The van der Waals surface area contributed by atoms with Crippen molar-refractivity contribution in [2.24, 2.45) is 0 Å². The first-order valence-corrected chi connectivity index (χ1v) is 13.9. The molecule has 4 aromatic rings. The van der Waals surface area contributed by atoms with Crippen LogP contribution in [0.1, 0.15) is 30.2 Å². The molecule has 0 aromatic carbocycles. The van der Waals surface area contributed by atoms with Gasteiger partial charge in [-0.2, -0.15) is 15.1 Å². The van der Waals surface area contributed by atoms with Gasteiger partial charge in [0, 0.05) is 39.2 Å². The number of hydrogen-bond donors (Lipinski definition) is 1. The summed E-state index contributed by atoms with van der Waals surface area (Å²) in [5.41, 5.74) is -0.390. The minimum Gasteiger partial charge on any atom is -0.408 e. The highest BCUT2D eigenvalue weighted by atomic mass is 32.2. The molecule has 1 saturated heterocycles. The predicted octanol–water partition coefficient (Wildman–Crippen LogP) is 2.14. The Morgan fingerprint density at radius 1 is 1.13 bits per heavy atom. The Labute approximate surface area is 218 Å². The molecule has 0 bridgehead atoms. The van der Waals surface area contributed by atoms with E-state index < -0.39 is 27.0 Å². The van der Waals surface area contributed by atoms with Crippen molar-refractivity contribution in [3.05, 3.63) is 29.2 Å². The van der Waals surface area contributed by atoms with Crippen LogP contribution in [0.4, 0.5) is 20.6 Å². The fourth-order valence-electron chi connectivity index (χ4n) is 4.24. The molecule has 0 amide bonds. The van der Waals surface area contributed by atoms with Crippen LogP contribution in [0.15, 0.2) is 27.6 Å². The van der Waals surface area contributed by atoms with E-state index in [0.717, 1.165) is 0 Å². The summed E-state index contributed by atoms with van der Waals surface area (Å²) >= 11 is 0.715. The lowest BCUT2D eigenvalue weighted by Crippen LogP contribution is -2.47. The molecule has 0 spiro atoms. The van der Waals surface area contributed by atoms with E-state index in [2.05, 4.69) is 30.2 Å². The lowest BCUT2D eigenvalue weighted by molar-refractivity contribution is 0.150. The predicted molar refractivity (Wildman–Crippen MR) is 130 cm³/mol. The van der Waals surface area contributed by atoms with Crippen molar-refractivity contribution in [2.45, 2.75) is 36.6 Å². The van der Waals surface area contributed by atoms with Gasteiger partial charge in [-0.3, -0.25) is 0 Å². The van der Waals surface area contributed by atoms with Gasteiger partial charge in [-0.15, -0.1) is 15.3 Å². The molecule has 1 saturated carbocycles. The monoisotopic (exact) mass is 562 g/mol. The molecule has 6 rings (SSSR count). The summed E-state index contributed by atoms with van der Waals surface area (Å²) in [6.45, 7) is 3.73. The number of aryl methyl sites for hydroxylation is 1. The number of nitriles is 1. The zero-order valence-electron chi connectivity index (χ0n) is 19.9. The van der Waals surface area contributed by atoms with E-state index >= 15 is 0 Å². The molecule has 17 heteroatoms. The minimum atomic E-state index is -4.09. The number of alkyl halides is 2. The summed E-state index contributed by atoms with van der Waals surface area (Å²) in [4.78, 5) is 3.82. The Morgan fingerprint density at radius 3 is 2.47 bits per heavy atom. The minimum absolute atomic E-state index is 0.0724. The van der Waals surface area contributed by atoms with Crippen LogP contribution in [0.2, 0.25) is 0 Å². The summed E-state index contributed by atoms with van der Waals surface area (Å²) in [5, 5.41) is 29.0. The standard InChI is InChI=1S/C21H20F2N10O3S2/c1-12-26-29-20(36-12)32-6-4-31(5-7-32)16-9-13(38(34,35)30-21(11-24)2-3-21)8-15-14(10-25-33(15)16)18-27-28-19(37-18)17(22)23/h8-10,17,30H,2-7H2,1H3. The first kappa shape index (κ1) is 24.6. The number of nitrogens with zero attached hydrogens (tertiary/aromatic N) is 9. The molecule has 2 fully saturated rings. The molecule has 0 unspecified atom stereocenters. The normalized spacial score (nSPS) is 17.3. The quantitative estimate of drug-likeness (QED) is 0.352. The average molecular weight is 563 g/mol. The first-order valence-electron chi connectivity index (χ1n) is 11.6. The van der Waals surface area contributed by atoms with Gasteiger partial charge in [0.2, 0.25) is 15.9 Å². The third kappa shape index (κ3) is 4.33. The summed E-state index contributed by atoms with van der Waals surface area (Å²) in [7, 11) is -4.09. The molecule has 5 heterocycles. The topological polar surface area (TPSA) is 158 Å². The third-order valence-corrected chi connectivity index (χ3v) is 8.90. The summed E-state index contributed by atoms with van der Waals surface area (Å²) < 4.78 is 62.6. The van der Waals surface area contributed by atoms with Crippen LogP contribution >= 0.6 is 11.3 Å². The van der Waals surface area contributed by atoms with Crippen LogP contribution in [0.5, 0.6) is 0 Å². The SMILES string of the molecule is Cc1nnc(N2CCN(c3cc(S(=O)(=O)NC4(C#N)CC4)cc4c(-c5nnc(C(F)F)s5)cnn34)CC2)o1. The first-order chi connectivity index (χ1) is 18.2. The molecule has 38 heavy (non-hydrogen) atoms. The molecular formula is C21H20F2N10O3S2. The number of anilines is 2. The Bertz CT molecular complexity index is 1660. The van der Waals surface area contributed by atoms with Gasteiger partial charge in [0.15, 0.2) is 10.0 Å². The summed E-state index contributed by atoms with van der Waals surface area (Å²) in [6, 6.07) is 5.34. The maximum absolute atomic E-state index is 13.4. The lowest BCUT2D eigenvalue weighted by atomic mass is 10.2. The van der Waals surface area contributed by atoms with Crippen LogP contribution in [-0.2, 0) is 10.0 Å². The van der Waals surface area contributed by atoms with Gasteiger partial charge in [-0.05, 0) is 18.9 Å². The molecular weight excluding hydrogens is 542 g/mol. The van der Waals surface area contributed by atoms with Crippen molar-refractivity contribution >= 4 is 38.7 Å². The van der Waals surface area contributed by atoms with E-state index in [1.807, 2.05) is 15.9 Å². The zero-order chi connectivity index (χ0) is 26.7. The highest BCUT2D eigenvalue weighted by molar-refractivity contribution is 7.89. The van der Waals surface area contributed by atoms with Crippen molar-refractivity contribution in [1.29, 1.82) is 5.26 Å². The van der Waals surface area contributed by atoms with Crippen LogP contribution in [0, 0.1) is 18.3 Å². The molecule has 1 aliphatic heterocycles. The summed E-state index contributed by atoms with van der Waals surface area (Å²) in [6.07, 6.45) is -0.478. The molecule has 1 aliphatic carbocycles. The Morgan fingerprint density at radius 2 is 1.87 bits per heavy atom. The van der Waals surface area contributed by atoms with E-state index in [9.17, 15) is 22.5 Å². The molecule has 0 atom stereocenters. The lowest BCUT2D eigenvalue weighted by Gasteiger charge is -2.35. The summed E-state index contributed by atoms with van der Waals surface area (Å²) in [5.74, 6) is 0.937. The van der Waals surface area contributed by atoms with Gasteiger partial charge in [0.05, 0.1) is 28.2 Å². The van der Waals surface area contributed by atoms with Crippen LogP contribution in [-0.4, -0.2) is 70.1 Å². The second-order valence-electron chi connectivity index (χ2n) is 9.03.